The van der Waals surface area contributed by atoms with Crippen molar-refractivity contribution in [3.8, 4) is 5.75 Å². The highest BCUT2D eigenvalue weighted by molar-refractivity contribution is 5.48. The van der Waals surface area contributed by atoms with Gasteiger partial charge in [-0.1, -0.05) is 0 Å². The van der Waals surface area contributed by atoms with Gasteiger partial charge < -0.3 is 14.7 Å². The first kappa shape index (κ1) is 12.8. The third kappa shape index (κ3) is 4.11. The summed E-state index contributed by atoms with van der Waals surface area (Å²) in [6.45, 7) is 4.49. The molecule has 1 aromatic rings. The van der Waals surface area contributed by atoms with Crippen LogP contribution in [0.5, 0.6) is 5.75 Å². The number of anilines is 1. The van der Waals surface area contributed by atoms with Gasteiger partial charge in [0.1, 0.15) is 5.75 Å². The Morgan fingerprint density at radius 1 is 1.25 bits per heavy atom. The molecule has 0 aromatic heterocycles. The molecule has 0 saturated carbocycles. The summed E-state index contributed by atoms with van der Waals surface area (Å²) in [5.74, 6) is 0.861. The third-order valence-corrected chi connectivity index (χ3v) is 2.57. The van der Waals surface area contributed by atoms with Gasteiger partial charge in [-0.05, 0) is 44.5 Å². The van der Waals surface area contributed by atoms with Crippen LogP contribution < -0.4 is 9.64 Å². The van der Waals surface area contributed by atoms with Gasteiger partial charge in [-0.2, -0.15) is 0 Å². The maximum absolute atomic E-state index is 9.65. The summed E-state index contributed by atoms with van der Waals surface area (Å²) in [6, 6.07) is 7.91. The molecule has 0 saturated heterocycles. The van der Waals surface area contributed by atoms with E-state index in [2.05, 4.69) is 4.90 Å². The van der Waals surface area contributed by atoms with E-state index in [-0.39, 0.29) is 0 Å². The minimum atomic E-state index is -0.610. The lowest BCUT2D eigenvalue weighted by Crippen LogP contribution is -2.28. The first-order chi connectivity index (χ1) is 7.42. The number of hydrogen-bond acceptors (Lipinski definition) is 3. The zero-order valence-electron chi connectivity index (χ0n) is 10.5. The summed E-state index contributed by atoms with van der Waals surface area (Å²) >= 11 is 0. The van der Waals surface area contributed by atoms with Crippen molar-refractivity contribution >= 4 is 5.69 Å². The fourth-order valence-corrected chi connectivity index (χ4v) is 1.41. The van der Waals surface area contributed by atoms with E-state index >= 15 is 0 Å². The van der Waals surface area contributed by atoms with Crippen molar-refractivity contribution in [3.63, 3.8) is 0 Å². The predicted molar refractivity (Wildman–Crippen MR) is 67.2 cm³/mol. The summed E-state index contributed by atoms with van der Waals surface area (Å²) < 4.78 is 5.10. The Balaban J connectivity index is 2.56. The highest BCUT2D eigenvalue weighted by Crippen LogP contribution is 2.19. The van der Waals surface area contributed by atoms with E-state index in [4.69, 9.17) is 4.74 Å². The second kappa shape index (κ2) is 5.21. The third-order valence-electron chi connectivity index (χ3n) is 2.57. The van der Waals surface area contributed by atoms with Gasteiger partial charge in [-0.15, -0.1) is 0 Å². The molecule has 0 aliphatic rings. The topological polar surface area (TPSA) is 32.7 Å². The molecule has 1 aromatic carbocycles. The highest BCUT2D eigenvalue weighted by atomic mass is 16.5. The lowest BCUT2D eigenvalue weighted by Gasteiger charge is -2.24. The van der Waals surface area contributed by atoms with Crippen LogP contribution in [0.3, 0.4) is 0 Å². The monoisotopic (exact) mass is 223 g/mol. The van der Waals surface area contributed by atoms with E-state index in [1.54, 1.807) is 7.11 Å². The fraction of sp³-hybridized carbons (Fsp3) is 0.538. The van der Waals surface area contributed by atoms with Crippen LogP contribution in [-0.4, -0.2) is 31.4 Å². The molecule has 1 N–H and O–H groups in total. The Labute approximate surface area is 97.7 Å². The summed E-state index contributed by atoms with van der Waals surface area (Å²) in [4.78, 5) is 2.12. The Kier molecular flexibility index (Phi) is 4.19. The molecule has 0 aliphatic heterocycles. The Bertz CT molecular complexity index is 314. The summed E-state index contributed by atoms with van der Waals surface area (Å²) in [7, 11) is 3.68. The van der Waals surface area contributed by atoms with Crippen LogP contribution >= 0.6 is 0 Å². The van der Waals surface area contributed by atoms with E-state index in [0.29, 0.717) is 0 Å². The van der Waals surface area contributed by atoms with Crippen LogP contribution in [0, 0.1) is 0 Å². The van der Waals surface area contributed by atoms with Gasteiger partial charge in [0.15, 0.2) is 0 Å². The predicted octanol–water partition coefficient (Wildman–Crippen LogP) is 2.29. The van der Waals surface area contributed by atoms with E-state index in [1.165, 1.54) is 0 Å². The van der Waals surface area contributed by atoms with Crippen molar-refractivity contribution in [2.24, 2.45) is 0 Å². The maximum Gasteiger partial charge on any atom is 0.119 e. The average Bonchev–Trinajstić information content (AvgIpc) is 2.25. The lowest BCUT2D eigenvalue weighted by atomic mass is 10.1. The number of benzene rings is 1. The molecule has 0 spiro atoms. The second-order valence-electron chi connectivity index (χ2n) is 4.68. The quantitative estimate of drug-likeness (QED) is 0.831. The number of methoxy groups -OCH3 is 1. The number of hydrogen-bond donors (Lipinski definition) is 1. The van der Waals surface area contributed by atoms with Gasteiger partial charge >= 0.3 is 0 Å². The smallest absolute Gasteiger partial charge is 0.119 e. The zero-order chi connectivity index (χ0) is 12.2. The molecule has 0 fully saturated rings. The van der Waals surface area contributed by atoms with E-state index in [1.807, 2.05) is 45.2 Å². The Morgan fingerprint density at radius 3 is 2.25 bits per heavy atom. The first-order valence-electron chi connectivity index (χ1n) is 5.50. The fourth-order valence-electron chi connectivity index (χ4n) is 1.41. The molecular weight excluding hydrogens is 202 g/mol. The van der Waals surface area contributed by atoms with Crippen molar-refractivity contribution in [1.82, 2.24) is 0 Å². The molecule has 0 amide bonds. The molecule has 0 atom stereocenters. The van der Waals surface area contributed by atoms with Crippen LogP contribution in [-0.2, 0) is 0 Å². The average molecular weight is 223 g/mol. The minimum Gasteiger partial charge on any atom is -0.497 e. The van der Waals surface area contributed by atoms with E-state index in [9.17, 15) is 5.11 Å². The molecule has 16 heavy (non-hydrogen) atoms. The normalized spacial score (nSPS) is 11.3. The standard InChI is InChI=1S/C13H21NO2/c1-13(2,15)9-10-14(3)11-5-7-12(16-4)8-6-11/h5-8,15H,9-10H2,1-4H3. The van der Waals surface area contributed by atoms with Crippen molar-refractivity contribution in [2.75, 3.05) is 25.6 Å². The maximum atomic E-state index is 9.65. The van der Waals surface area contributed by atoms with Gasteiger partial charge in [-0.3, -0.25) is 0 Å². The molecule has 0 unspecified atom stereocenters. The molecule has 1 rings (SSSR count). The van der Waals surface area contributed by atoms with Crippen LogP contribution in [0.15, 0.2) is 24.3 Å². The Hall–Kier alpha value is -1.22. The Morgan fingerprint density at radius 2 is 1.81 bits per heavy atom. The minimum absolute atomic E-state index is 0.610. The number of nitrogens with zero attached hydrogens (tertiary/aromatic N) is 1. The number of ether oxygens (including phenoxy) is 1. The van der Waals surface area contributed by atoms with Gasteiger partial charge in [0.05, 0.1) is 12.7 Å². The van der Waals surface area contributed by atoms with Crippen molar-refractivity contribution in [3.05, 3.63) is 24.3 Å². The van der Waals surface area contributed by atoms with E-state index < -0.39 is 5.60 Å². The molecule has 90 valence electrons. The number of rotatable bonds is 5. The number of aliphatic hydroxyl groups is 1. The van der Waals surface area contributed by atoms with Gasteiger partial charge in [0.25, 0.3) is 0 Å². The molecule has 0 bridgehead atoms. The lowest BCUT2D eigenvalue weighted by molar-refractivity contribution is 0.0734. The van der Waals surface area contributed by atoms with Crippen LogP contribution in [0.4, 0.5) is 5.69 Å². The largest absolute Gasteiger partial charge is 0.497 e. The van der Waals surface area contributed by atoms with E-state index in [0.717, 1.165) is 24.4 Å². The molecule has 0 heterocycles. The summed E-state index contributed by atoms with van der Waals surface area (Å²) in [5.41, 5.74) is 0.519. The molecule has 3 nitrogen and oxygen atoms in total. The molecule has 3 heteroatoms. The first-order valence-corrected chi connectivity index (χ1v) is 5.50. The van der Waals surface area contributed by atoms with Crippen molar-refractivity contribution < 1.29 is 9.84 Å². The van der Waals surface area contributed by atoms with Crippen LogP contribution in [0.1, 0.15) is 20.3 Å². The van der Waals surface area contributed by atoms with Gasteiger partial charge in [0, 0.05) is 19.3 Å². The van der Waals surface area contributed by atoms with Gasteiger partial charge in [0.2, 0.25) is 0 Å². The molecule has 0 radical (unpaired) electrons. The molecular formula is C13H21NO2. The SMILES string of the molecule is COc1ccc(N(C)CCC(C)(C)O)cc1. The van der Waals surface area contributed by atoms with Gasteiger partial charge in [-0.25, -0.2) is 0 Å². The van der Waals surface area contributed by atoms with Crippen LogP contribution in [0.25, 0.3) is 0 Å². The second-order valence-corrected chi connectivity index (χ2v) is 4.68. The summed E-state index contributed by atoms with van der Waals surface area (Å²) in [6.07, 6.45) is 0.746. The summed E-state index contributed by atoms with van der Waals surface area (Å²) in [5, 5.41) is 9.65. The highest BCUT2D eigenvalue weighted by Gasteiger charge is 2.13. The zero-order valence-corrected chi connectivity index (χ0v) is 10.5. The van der Waals surface area contributed by atoms with Crippen molar-refractivity contribution in [1.29, 1.82) is 0 Å². The molecule has 0 aliphatic carbocycles. The van der Waals surface area contributed by atoms with Crippen LogP contribution in [0.2, 0.25) is 0 Å². The van der Waals surface area contributed by atoms with Crippen molar-refractivity contribution in [2.45, 2.75) is 25.9 Å².